The van der Waals surface area contributed by atoms with Crippen LogP contribution in [-0.2, 0) is 17.8 Å². The smallest absolute Gasteiger partial charge is 0.225 e. The third-order valence-corrected chi connectivity index (χ3v) is 4.51. The Hall–Kier alpha value is -1.39. The van der Waals surface area contributed by atoms with Crippen LogP contribution < -0.4 is 5.73 Å². The normalized spacial score (nSPS) is 23.8. The minimum atomic E-state index is -0.354. The molecule has 3 rings (SSSR count). The number of likely N-dealkylation sites (tertiary alicyclic amines) is 1. The number of carbonyl (C=O) groups is 1. The number of amides is 1. The summed E-state index contributed by atoms with van der Waals surface area (Å²) in [6.07, 6.45) is 6.48. The summed E-state index contributed by atoms with van der Waals surface area (Å²) in [5, 5.41) is 9.55. The van der Waals surface area contributed by atoms with Gasteiger partial charge in [0.1, 0.15) is 0 Å². The Morgan fingerprint density at radius 1 is 1.38 bits per heavy atom. The van der Waals surface area contributed by atoms with Gasteiger partial charge < -0.3 is 10.8 Å². The third kappa shape index (κ3) is 3.27. The molecule has 21 heavy (non-hydrogen) atoms. The minimum Gasteiger partial charge on any atom is -0.393 e. The van der Waals surface area contributed by atoms with Gasteiger partial charge in [0.25, 0.3) is 0 Å². The summed E-state index contributed by atoms with van der Waals surface area (Å²) >= 11 is 0. The topological polar surface area (TPSA) is 66.6 Å². The number of carbonyl (C=O) groups excluding carboxylic acids is 1. The molecule has 1 aliphatic carbocycles. The number of aliphatic hydroxyl groups is 1. The summed E-state index contributed by atoms with van der Waals surface area (Å²) in [6.45, 7) is 2.81. The number of aryl methyl sites for hydroxylation is 1. The van der Waals surface area contributed by atoms with Crippen molar-refractivity contribution >= 4 is 5.91 Å². The van der Waals surface area contributed by atoms with E-state index in [1.165, 1.54) is 11.1 Å². The van der Waals surface area contributed by atoms with E-state index >= 15 is 0 Å². The van der Waals surface area contributed by atoms with Crippen molar-refractivity contribution in [2.24, 2.45) is 5.73 Å². The molecule has 0 aromatic heterocycles. The van der Waals surface area contributed by atoms with E-state index in [2.05, 4.69) is 23.5 Å². The van der Waals surface area contributed by atoms with Crippen LogP contribution in [0.5, 0.6) is 0 Å². The lowest BCUT2D eigenvalue weighted by Crippen LogP contribution is -2.35. The van der Waals surface area contributed by atoms with Crippen molar-refractivity contribution in [2.75, 3.05) is 13.1 Å². The molecule has 1 fully saturated rings. The van der Waals surface area contributed by atoms with Gasteiger partial charge in [0.15, 0.2) is 0 Å². The van der Waals surface area contributed by atoms with Crippen molar-refractivity contribution in [3.63, 3.8) is 0 Å². The second-order valence-corrected chi connectivity index (χ2v) is 6.08. The number of primary amides is 1. The maximum Gasteiger partial charge on any atom is 0.225 e. The van der Waals surface area contributed by atoms with E-state index < -0.39 is 0 Å². The van der Waals surface area contributed by atoms with Crippen LogP contribution in [0, 0.1) is 6.42 Å². The van der Waals surface area contributed by atoms with Crippen LogP contribution >= 0.6 is 0 Å². The van der Waals surface area contributed by atoms with Gasteiger partial charge >= 0.3 is 0 Å². The van der Waals surface area contributed by atoms with Crippen molar-refractivity contribution in [3.05, 3.63) is 41.3 Å². The Bertz CT molecular complexity index is 522. The highest BCUT2D eigenvalue weighted by Gasteiger charge is 2.25. The van der Waals surface area contributed by atoms with E-state index in [0.717, 1.165) is 50.9 Å². The number of rotatable bonds is 3. The fraction of sp³-hybridized carbons (Fsp3) is 0.529. The van der Waals surface area contributed by atoms with Gasteiger partial charge in [0, 0.05) is 26.1 Å². The van der Waals surface area contributed by atoms with Crippen LogP contribution in [0.2, 0.25) is 0 Å². The Labute approximate surface area is 125 Å². The highest BCUT2D eigenvalue weighted by atomic mass is 16.3. The Morgan fingerprint density at radius 2 is 2.14 bits per heavy atom. The Morgan fingerprint density at radius 3 is 2.86 bits per heavy atom. The summed E-state index contributed by atoms with van der Waals surface area (Å²) < 4.78 is 0. The van der Waals surface area contributed by atoms with Crippen molar-refractivity contribution < 1.29 is 9.90 Å². The van der Waals surface area contributed by atoms with Crippen molar-refractivity contribution in [3.8, 4) is 0 Å². The van der Waals surface area contributed by atoms with Crippen LogP contribution in [0.25, 0.3) is 0 Å². The molecule has 2 aliphatic rings. The average Bonchev–Trinajstić information content (AvgIpc) is 2.48. The first kappa shape index (κ1) is 14.5. The molecule has 1 atom stereocenters. The summed E-state index contributed by atoms with van der Waals surface area (Å²) in [7, 11) is 0. The van der Waals surface area contributed by atoms with Crippen LogP contribution in [-0.4, -0.2) is 35.1 Å². The number of hydrogen-bond acceptors (Lipinski definition) is 3. The fourth-order valence-corrected chi connectivity index (χ4v) is 3.31. The summed E-state index contributed by atoms with van der Waals surface area (Å²) in [6, 6.07) is 6.33. The summed E-state index contributed by atoms with van der Waals surface area (Å²) in [5.74, 6) is -0.665. The van der Waals surface area contributed by atoms with E-state index in [0.29, 0.717) is 0 Å². The maximum absolute atomic E-state index is 11.5. The molecule has 1 aliphatic heterocycles. The SMILES string of the molecule is NC(=O)C1[C]CCc2cc(CN3CCC(O)CC3)ccc21. The van der Waals surface area contributed by atoms with Crippen LogP contribution in [0.3, 0.4) is 0 Å². The molecule has 1 aromatic carbocycles. The quantitative estimate of drug-likeness (QED) is 0.878. The molecule has 1 unspecified atom stereocenters. The van der Waals surface area contributed by atoms with E-state index in [1.807, 2.05) is 6.07 Å². The summed E-state index contributed by atoms with van der Waals surface area (Å²) in [4.78, 5) is 13.9. The van der Waals surface area contributed by atoms with E-state index in [4.69, 9.17) is 5.73 Å². The zero-order valence-electron chi connectivity index (χ0n) is 12.2. The molecule has 0 saturated carbocycles. The number of hydrogen-bond donors (Lipinski definition) is 2. The number of aliphatic hydroxyl groups excluding tert-OH is 1. The molecule has 4 nitrogen and oxygen atoms in total. The van der Waals surface area contributed by atoms with E-state index in [9.17, 15) is 9.90 Å². The predicted molar refractivity (Wildman–Crippen MR) is 80.5 cm³/mol. The van der Waals surface area contributed by atoms with Gasteiger partial charge in [0.2, 0.25) is 5.91 Å². The fourth-order valence-electron chi connectivity index (χ4n) is 3.31. The van der Waals surface area contributed by atoms with Crippen molar-refractivity contribution in [1.29, 1.82) is 0 Å². The molecule has 0 spiro atoms. The lowest BCUT2D eigenvalue weighted by Gasteiger charge is -2.30. The number of nitrogens with zero attached hydrogens (tertiary/aromatic N) is 1. The number of piperidine rings is 1. The summed E-state index contributed by atoms with van der Waals surface area (Å²) in [5.41, 5.74) is 8.97. The van der Waals surface area contributed by atoms with Gasteiger partial charge in [-0.15, -0.1) is 0 Å². The third-order valence-electron chi connectivity index (χ3n) is 4.51. The lowest BCUT2D eigenvalue weighted by molar-refractivity contribution is -0.118. The molecule has 1 aromatic rings. The van der Waals surface area contributed by atoms with Crippen LogP contribution in [0.1, 0.15) is 41.9 Å². The number of fused-ring (bicyclic) bond motifs is 1. The van der Waals surface area contributed by atoms with E-state index in [-0.39, 0.29) is 17.9 Å². The second-order valence-electron chi connectivity index (χ2n) is 6.08. The predicted octanol–water partition coefficient (Wildman–Crippen LogP) is 1.24. The maximum atomic E-state index is 11.5. The van der Waals surface area contributed by atoms with Gasteiger partial charge in [0.05, 0.1) is 12.0 Å². The zero-order valence-corrected chi connectivity index (χ0v) is 12.2. The molecular formula is C17H22N2O2. The van der Waals surface area contributed by atoms with Crippen molar-refractivity contribution in [2.45, 2.75) is 44.2 Å². The van der Waals surface area contributed by atoms with Crippen molar-refractivity contribution in [1.82, 2.24) is 4.90 Å². The first-order chi connectivity index (χ1) is 10.1. The minimum absolute atomic E-state index is 0.132. The molecule has 4 heteroatoms. The lowest BCUT2D eigenvalue weighted by atomic mass is 9.81. The molecule has 3 N–H and O–H groups in total. The molecule has 1 amide bonds. The van der Waals surface area contributed by atoms with Crippen LogP contribution in [0.4, 0.5) is 0 Å². The Balaban J connectivity index is 1.72. The number of nitrogens with two attached hydrogens (primary N) is 1. The second kappa shape index (κ2) is 6.16. The van der Waals surface area contributed by atoms with Gasteiger partial charge in [-0.2, -0.15) is 0 Å². The van der Waals surface area contributed by atoms with Gasteiger partial charge in [-0.25, -0.2) is 0 Å². The van der Waals surface area contributed by atoms with Crippen LogP contribution in [0.15, 0.2) is 18.2 Å². The molecular weight excluding hydrogens is 264 g/mol. The van der Waals surface area contributed by atoms with E-state index in [1.54, 1.807) is 0 Å². The highest BCUT2D eigenvalue weighted by Crippen LogP contribution is 2.31. The first-order valence-electron chi connectivity index (χ1n) is 7.68. The average molecular weight is 286 g/mol. The molecule has 112 valence electrons. The molecule has 2 radical (unpaired) electrons. The standard InChI is InChI=1S/C17H22N2O2/c18-17(21)16-3-1-2-13-10-12(4-5-15(13)16)11-19-8-6-14(20)7-9-19/h4-5,10,14,16,20H,1-2,6-9,11H2,(H2,18,21). The monoisotopic (exact) mass is 286 g/mol. The number of benzene rings is 1. The molecule has 1 heterocycles. The van der Waals surface area contributed by atoms with Gasteiger partial charge in [-0.3, -0.25) is 9.69 Å². The zero-order chi connectivity index (χ0) is 14.8. The Kier molecular flexibility index (Phi) is 4.27. The van der Waals surface area contributed by atoms with Gasteiger partial charge in [-0.1, -0.05) is 18.2 Å². The van der Waals surface area contributed by atoms with Gasteiger partial charge in [-0.05, 0) is 42.4 Å². The first-order valence-corrected chi connectivity index (χ1v) is 7.68. The molecule has 0 bridgehead atoms. The largest absolute Gasteiger partial charge is 0.393 e. The highest BCUT2D eigenvalue weighted by molar-refractivity contribution is 5.84. The molecule has 1 saturated heterocycles.